The van der Waals surface area contributed by atoms with Crippen molar-refractivity contribution in [3.63, 3.8) is 0 Å². The number of hydrogen-bond acceptors (Lipinski definition) is 2. The quantitative estimate of drug-likeness (QED) is 0.736. The Morgan fingerprint density at radius 3 is 2.54 bits per heavy atom. The van der Waals surface area contributed by atoms with Gasteiger partial charge >= 0.3 is 0 Å². The predicted octanol–water partition coefficient (Wildman–Crippen LogP) is 2.53. The van der Waals surface area contributed by atoms with Gasteiger partial charge in [-0.05, 0) is 17.8 Å². The molecule has 0 spiro atoms. The van der Waals surface area contributed by atoms with Gasteiger partial charge in [-0.25, -0.2) is 0 Å². The van der Waals surface area contributed by atoms with Gasteiger partial charge in [0.1, 0.15) is 5.82 Å². The number of hydrogen-bond donors (Lipinski definition) is 2. The molecule has 0 saturated carbocycles. The van der Waals surface area contributed by atoms with Crippen LogP contribution in [0.4, 0.5) is 5.82 Å². The highest BCUT2D eigenvalue weighted by Crippen LogP contribution is 2.30. The van der Waals surface area contributed by atoms with Gasteiger partial charge in [-0.2, -0.15) is 5.10 Å². The lowest BCUT2D eigenvalue weighted by atomic mass is 9.84. The second-order valence-corrected chi connectivity index (χ2v) is 4.91. The van der Waals surface area contributed by atoms with Gasteiger partial charge in [0, 0.05) is 11.8 Å². The zero-order valence-corrected chi connectivity index (χ0v) is 8.89. The average molecular weight is 181 g/mol. The summed E-state index contributed by atoms with van der Waals surface area (Å²) < 4.78 is 0. The van der Waals surface area contributed by atoms with Crippen LogP contribution in [0.1, 0.15) is 45.7 Å². The maximum Gasteiger partial charge on any atom is 0.145 e. The van der Waals surface area contributed by atoms with Crippen LogP contribution in [0.15, 0.2) is 6.07 Å². The van der Waals surface area contributed by atoms with Crippen molar-refractivity contribution in [1.82, 2.24) is 10.2 Å². The number of nitrogen functional groups attached to an aromatic ring is 1. The average Bonchev–Trinajstić information content (AvgIpc) is 2.31. The predicted molar refractivity (Wildman–Crippen MR) is 55.5 cm³/mol. The van der Waals surface area contributed by atoms with Crippen LogP contribution in [-0.4, -0.2) is 10.2 Å². The van der Waals surface area contributed by atoms with Gasteiger partial charge in [-0.1, -0.05) is 27.7 Å². The molecule has 3 nitrogen and oxygen atoms in total. The fourth-order valence-corrected chi connectivity index (χ4v) is 1.63. The summed E-state index contributed by atoms with van der Waals surface area (Å²) in [6.45, 7) is 8.91. The molecule has 1 atom stereocenters. The molecule has 74 valence electrons. The van der Waals surface area contributed by atoms with Gasteiger partial charge < -0.3 is 5.73 Å². The SMILES string of the molecule is CC(CC(C)(C)C)c1cc(N)n[nH]1. The second kappa shape index (κ2) is 3.40. The number of rotatable bonds is 2. The van der Waals surface area contributed by atoms with Crippen LogP contribution in [0.25, 0.3) is 0 Å². The summed E-state index contributed by atoms with van der Waals surface area (Å²) in [4.78, 5) is 0. The second-order valence-electron chi connectivity index (χ2n) is 4.91. The van der Waals surface area contributed by atoms with Crippen molar-refractivity contribution < 1.29 is 0 Å². The van der Waals surface area contributed by atoms with Gasteiger partial charge in [0.15, 0.2) is 0 Å². The Morgan fingerprint density at radius 1 is 1.54 bits per heavy atom. The van der Waals surface area contributed by atoms with Gasteiger partial charge in [0.2, 0.25) is 0 Å². The Morgan fingerprint density at radius 2 is 2.15 bits per heavy atom. The first-order valence-corrected chi connectivity index (χ1v) is 4.69. The smallest absolute Gasteiger partial charge is 0.145 e. The van der Waals surface area contributed by atoms with Crippen LogP contribution in [0, 0.1) is 5.41 Å². The summed E-state index contributed by atoms with van der Waals surface area (Å²) in [5, 5.41) is 6.87. The van der Waals surface area contributed by atoms with Crippen molar-refractivity contribution in [2.45, 2.75) is 40.0 Å². The van der Waals surface area contributed by atoms with E-state index in [-0.39, 0.29) is 0 Å². The Balaban J connectivity index is 2.64. The minimum atomic E-state index is 0.347. The Hall–Kier alpha value is -0.990. The molecule has 0 aromatic carbocycles. The number of anilines is 1. The zero-order valence-electron chi connectivity index (χ0n) is 8.89. The lowest BCUT2D eigenvalue weighted by Gasteiger charge is -2.22. The Labute approximate surface area is 79.7 Å². The van der Waals surface area contributed by atoms with E-state index in [9.17, 15) is 0 Å². The molecule has 0 radical (unpaired) electrons. The number of nitrogens with one attached hydrogen (secondary N) is 1. The minimum Gasteiger partial charge on any atom is -0.382 e. The van der Waals surface area contributed by atoms with E-state index in [1.165, 1.54) is 0 Å². The monoisotopic (exact) mass is 181 g/mol. The van der Waals surface area contributed by atoms with Gasteiger partial charge in [-0.15, -0.1) is 0 Å². The topological polar surface area (TPSA) is 54.7 Å². The van der Waals surface area contributed by atoms with Crippen molar-refractivity contribution in [2.75, 3.05) is 5.73 Å². The lowest BCUT2D eigenvalue weighted by molar-refractivity contribution is 0.346. The van der Waals surface area contributed by atoms with Crippen molar-refractivity contribution in [2.24, 2.45) is 5.41 Å². The third-order valence-corrected chi connectivity index (χ3v) is 2.07. The molecule has 1 rings (SSSR count). The van der Waals surface area contributed by atoms with Gasteiger partial charge in [0.25, 0.3) is 0 Å². The molecule has 0 amide bonds. The van der Waals surface area contributed by atoms with E-state index in [2.05, 4.69) is 37.9 Å². The van der Waals surface area contributed by atoms with Crippen LogP contribution >= 0.6 is 0 Å². The van der Waals surface area contributed by atoms with Gasteiger partial charge in [-0.3, -0.25) is 5.10 Å². The van der Waals surface area contributed by atoms with E-state index in [0.717, 1.165) is 12.1 Å². The molecule has 0 saturated heterocycles. The number of nitrogens with two attached hydrogens (primary N) is 1. The highest BCUT2D eigenvalue weighted by Gasteiger charge is 2.17. The maximum atomic E-state index is 5.54. The standard InChI is InChI=1S/C10H19N3/c1-7(6-10(2,3)4)8-5-9(11)13-12-8/h5,7H,6H2,1-4H3,(H3,11,12,13). The molecule has 0 aliphatic heterocycles. The maximum absolute atomic E-state index is 5.54. The highest BCUT2D eigenvalue weighted by molar-refractivity contribution is 5.29. The lowest BCUT2D eigenvalue weighted by Crippen LogP contribution is -2.10. The van der Waals surface area contributed by atoms with Crippen molar-refractivity contribution in [1.29, 1.82) is 0 Å². The molecule has 3 heteroatoms. The first-order chi connectivity index (χ1) is 5.88. The van der Waals surface area contributed by atoms with E-state index in [1.807, 2.05) is 6.07 Å². The molecular weight excluding hydrogens is 162 g/mol. The summed E-state index contributed by atoms with van der Waals surface area (Å²) in [5.74, 6) is 1.07. The normalized spacial score (nSPS) is 14.5. The van der Waals surface area contributed by atoms with Crippen LogP contribution in [-0.2, 0) is 0 Å². The van der Waals surface area contributed by atoms with Gasteiger partial charge in [0.05, 0.1) is 0 Å². The van der Waals surface area contributed by atoms with Crippen molar-refractivity contribution in [3.05, 3.63) is 11.8 Å². The van der Waals surface area contributed by atoms with E-state index in [0.29, 0.717) is 17.2 Å². The third-order valence-electron chi connectivity index (χ3n) is 2.07. The summed E-state index contributed by atoms with van der Waals surface area (Å²) in [5.41, 5.74) is 7.02. The minimum absolute atomic E-state index is 0.347. The van der Waals surface area contributed by atoms with Crippen LogP contribution in [0.5, 0.6) is 0 Å². The molecule has 13 heavy (non-hydrogen) atoms. The number of aromatic amines is 1. The Kier molecular flexibility index (Phi) is 2.64. The van der Waals surface area contributed by atoms with E-state index in [1.54, 1.807) is 0 Å². The number of H-pyrrole nitrogens is 1. The molecule has 1 aromatic heterocycles. The largest absolute Gasteiger partial charge is 0.382 e. The molecule has 1 unspecified atom stereocenters. The summed E-state index contributed by atoms with van der Waals surface area (Å²) in [6.07, 6.45) is 1.13. The van der Waals surface area contributed by atoms with Crippen LogP contribution in [0.2, 0.25) is 0 Å². The molecule has 0 bridgehead atoms. The summed E-state index contributed by atoms with van der Waals surface area (Å²) in [6, 6.07) is 1.91. The molecule has 0 aliphatic carbocycles. The first kappa shape index (κ1) is 10.1. The molecular formula is C10H19N3. The van der Waals surface area contributed by atoms with E-state index >= 15 is 0 Å². The Bertz CT molecular complexity index is 270. The molecule has 1 aromatic rings. The highest BCUT2D eigenvalue weighted by atomic mass is 15.2. The van der Waals surface area contributed by atoms with Crippen LogP contribution < -0.4 is 5.73 Å². The molecule has 0 aliphatic rings. The van der Waals surface area contributed by atoms with Crippen molar-refractivity contribution in [3.8, 4) is 0 Å². The van der Waals surface area contributed by atoms with Crippen LogP contribution in [0.3, 0.4) is 0 Å². The molecule has 1 heterocycles. The third kappa shape index (κ3) is 3.09. The number of aromatic nitrogens is 2. The molecule has 0 fully saturated rings. The summed E-state index contributed by atoms with van der Waals surface area (Å²) in [7, 11) is 0. The first-order valence-electron chi connectivity index (χ1n) is 4.69. The van der Waals surface area contributed by atoms with Crippen molar-refractivity contribution >= 4 is 5.82 Å². The summed E-state index contributed by atoms with van der Waals surface area (Å²) >= 11 is 0. The fraction of sp³-hybridized carbons (Fsp3) is 0.700. The number of nitrogens with zero attached hydrogens (tertiary/aromatic N) is 1. The molecule has 3 N–H and O–H groups in total. The fourth-order valence-electron chi connectivity index (χ4n) is 1.63. The zero-order chi connectivity index (χ0) is 10.1. The van der Waals surface area contributed by atoms with E-state index < -0.39 is 0 Å². The van der Waals surface area contributed by atoms with E-state index in [4.69, 9.17) is 5.73 Å².